The zero-order valence-electron chi connectivity index (χ0n) is 15.3. The van der Waals surface area contributed by atoms with Crippen LogP contribution in [-0.2, 0) is 0 Å². The lowest BCUT2D eigenvalue weighted by atomic mass is 10.1. The van der Waals surface area contributed by atoms with Gasteiger partial charge in [-0.25, -0.2) is 15.0 Å². The fraction of sp³-hybridized carbons (Fsp3) is 0. The highest BCUT2D eigenvalue weighted by Crippen LogP contribution is 2.35. The van der Waals surface area contributed by atoms with Gasteiger partial charge in [0.2, 0.25) is 0 Å². The Morgan fingerprint density at radius 3 is 1.87 bits per heavy atom. The molecule has 30 heavy (non-hydrogen) atoms. The Morgan fingerprint density at radius 1 is 0.667 bits per heavy atom. The molecule has 150 valence electrons. The van der Waals surface area contributed by atoms with Gasteiger partial charge >= 0.3 is 0 Å². The molecule has 0 fully saturated rings. The first-order valence-electron chi connectivity index (χ1n) is 8.68. The van der Waals surface area contributed by atoms with Gasteiger partial charge in [0.15, 0.2) is 17.5 Å². The molecule has 9 heteroatoms. The van der Waals surface area contributed by atoms with Crippen molar-refractivity contribution in [3.8, 4) is 45.7 Å². The molecule has 0 radical (unpaired) electrons. The average molecular weight is 470 g/mol. The maximum atomic E-state index is 10.5. The van der Waals surface area contributed by atoms with Crippen LogP contribution in [-0.4, -0.2) is 20.1 Å². The number of nitrogens with zero attached hydrogens (tertiary/aromatic N) is 3. The number of aromatic nitrogens is 3. The van der Waals surface area contributed by atoms with Crippen LogP contribution in [0.1, 0.15) is 0 Å². The first-order valence-corrected chi connectivity index (χ1v) is 10.4. The summed E-state index contributed by atoms with van der Waals surface area (Å²) < 4.78 is 4.87. The molecule has 0 aliphatic heterocycles. The number of benzene rings is 3. The Labute approximate surface area is 195 Å². The number of aromatic hydroxyl groups is 1. The molecule has 1 N–H and O–H groups in total. The topological polar surface area (TPSA) is 68.1 Å². The molecule has 0 spiro atoms. The van der Waals surface area contributed by atoms with Crippen molar-refractivity contribution in [3.05, 3.63) is 60.7 Å². The van der Waals surface area contributed by atoms with E-state index in [4.69, 9.17) is 4.18 Å². The van der Waals surface area contributed by atoms with E-state index in [1.165, 1.54) is 6.07 Å². The molecule has 5 nitrogen and oxygen atoms in total. The Morgan fingerprint density at radius 2 is 1.27 bits per heavy atom. The van der Waals surface area contributed by atoms with Crippen LogP contribution in [0.25, 0.3) is 34.2 Å². The molecule has 0 aliphatic carbocycles. The number of phenols is 1. The molecular weight excluding hydrogens is 455 g/mol. The minimum atomic E-state index is -0.0411. The van der Waals surface area contributed by atoms with Crippen LogP contribution in [0.2, 0.25) is 0 Å². The number of hydrogen-bond acceptors (Lipinski definition) is 9. The first-order chi connectivity index (χ1) is 14.5. The summed E-state index contributed by atoms with van der Waals surface area (Å²) in [4.78, 5) is 16.0. The van der Waals surface area contributed by atoms with E-state index in [0.29, 0.717) is 39.2 Å². The van der Waals surface area contributed by atoms with Crippen LogP contribution in [0.15, 0.2) is 75.4 Å². The van der Waals surface area contributed by atoms with Crippen LogP contribution < -0.4 is 4.18 Å². The van der Waals surface area contributed by atoms with Crippen molar-refractivity contribution in [2.24, 2.45) is 0 Å². The van der Waals surface area contributed by atoms with E-state index < -0.39 is 0 Å². The molecule has 0 atom stereocenters. The lowest BCUT2D eigenvalue weighted by Crippen LogP contribution is -2.01. The third-order valence-corrected chi connectivity index (χ3v) is 5.57. The van der Waals surface area contributed by atoms with Crippen molar-refractivity contribution >= 4 is 50.8 Å². The highest BCUT2D eigenvalue weighted by atomic mass is 32.1. The van der Waals surface area contributed by atoms with E-state index >= 15 is 0 Å². The largest absolute Gasteiger partial charge is 0.507 e. The van der Waals surface area contributed by atoms with Crippen LogP contribution in [0.3, 0.4) is 0 Å². The second-order valence-corrected chi connectivity index (χ2v) is 7.96. The van der Waals surface area contributed by atoms with Crippen molar-refractivity contribution < 1.29 is 9.29 Å². The summed E-state index contributed by atoms with van der Waals surface area (Å²) in [6.45, 7) is 0. The molecule has 1 heterocycles. The predicted octanol–water partition coefficient (Wildman–Crippen LogP) is 5.67. The third-order valence-electron chi connectivity index (χ3n) is 4.32. The van der Waals surface area contributed by atoms with E-state index in [-0.39, 0.29) is 5.75 Å². The molecule has 4 rings (SSSR count). The van der Waals surface area contributed by atoms with Gasteiger partial charge in [-0.2, -0.15) is 0 Å². The fourth-order valence-electron chi connectivity index (χ4n) is 2.87. The normalized spacial score (nSPS) is 10.8. The molecule has 4 aromatic rings. The third kappa shape index (κ3) is 4.24. The smallest absolute Gasteiger partial charge is 0.167 e. The molecule has 0 aliphatic rings. The number of thiol groups is 4. The lowest BCUT2D eigenvalue weighted by molar-refractivity contribution is 0.474. The summed E-state index contributed by atoms with van der Waals surface area (Å²) >= 11 is 17.2. The van der Waals surface area contributed by atoms with Crippen LogP contribution in [0.5, 0.6) is 11.5 Å². The molecule has 0 bridgehead atoms. The van der Waals surface area contributed by atoms with Gasteiger partial charge in [0.05, 0.1) is 5.56 Å². The summed E-state index contributed by atoms with van der Waals surface area (Å²) in [6.07, 6.45) is 0. The Hall–Kier alpha value is -2.33. The van der Waals surface area contributed by atoms with Gasteiger partial charge in [-0.15, -0.1) is 37.9 Å². The second kappa shape index (κ2) is 8.81. The summed E-state index contributed by atoms with van der Waals surface area (Å²) in [5, 5.41) is 10.5. The Bertz CT molecular complexity index is 1250. The van der Waals surface area contributed by atoms with Gasteiger partial charge in [0.1, 0.15) is 11.5 Å². The highest BCUT2D eigenvalue weighted by molar-refractivity contribution is 7.81. The van der Waals surface area contributed by atoms with E-state index in [2.05, 4.69) is 65.7 Å². The highest BCUT2D eigenvalue weighted by Gasteiger charge is 2.17. The molecule has 1 aromatic heterocycles. The quantitative estimate of drug-likeness (QED) is 0.197. The minimum absolute atomic E-state index is 0.0411. The zero-order chi connectivity index (χ0) is 21.3. The van der Waals surface area contributed by atoms with Gasteiger partial charge in [-0.1, -0.05) is 18.2 Å². The van der Waals surface area contributed by atoms with Crippen molar-refractivity contribution in [2.75, 3.05) is 0 Å². The van der Waals surface area contributed by atoms with Crippen molar-refractivity contribution in [1.82, 2.24) is 15.0 Å². The molecule has 0 amide bonds. The van der Waals surface area contributed by atoms with Gasteiger partial charge in [0.25, 0.3) is 0 Å². The SMILES string of the molecule is Oc1cc(OS)ccc1-c1nc(-c2ccccc2S)nc(-c2ccc(S)cc2S)n1. The zero-order valence-corrected chi connectivity index (χ0v) is 18.8. The maximum Gasteiger partial charge on any atom is 0.167 e. The van der Waals surface area contributed by atoms with Crippen LogP contribution >= 0.6 is 50.8 Å². The van der Waals surface area contributed by atoms with E-state index in [1.54, 1.807) is 12.1 Å². The summed E-state index contributed by atoms with van der Waals surface area (Å²) in [7, 11) is 0. The van der Waals surface area contributed by atoms with Gasteiger partial charge in [0, 0.05) is 44.8 Å². The van der Waals surface area contributed by atoms with Crippen molar-refractivity contribution in [1.29, 1.82) is 0 Å². The van der Waals surface area contributed by atoms with Gasteiger partial charge in [-0.3, -0.25) is 0 Å². The molecule has 3 aromatic carbocycles. The lowest BCUT2D eigenvalue weighted by Gasteiger charge is -2.12. The minimum Gasteiger partial charge on any atom is -0.507 e. The number of phenolic OH excluding ortho intramolecular Hbond substituents is 1. The molecular formula is C21H15N3O2S4. The molecule has 0 saturated carbocycles. The van der Waals surface area contributed by atoms with E-state index in [9.17, 15) is 5.11 Å². The summed E-state index contributed by atoms with van der Waals surface area (Å²) in [6, 6.07) is 17.8. The second-order valence-electron chi connectivity index (χ2n) is 6.30. The number of rotatable bonds is 4. The predicted molar refractivity (Wildman–Crippen MR) is 129 cm³/mol. The Kier molecular flexibility index (Phi) is 6.14. The maximum absolute atomic E-state index is 10.5. The Balaban J connectivity index is 1.96. The van der Waals surface area contributed by atoms with Crippen molar-refractivity contribution in [3.63, 3.8) is 0 Å². The summed E-state index contributed by atoms with van der Waals surface area (Å²) in [5.74, 6) is 1.51. The number of hydrogen-bond donors (Lipinski definition) is 5. The average Bonchev–Trinajstić information content (AvgIpc) is 2.73. The monoisotopic (exact) mass is 469 g/mol. The fourth-order valence-corrected chi connectivity index (χ4v) is 3.86. The van der Waals surface area contributed by atoms with Crippen LogP contribution in [0.4, 0.5) is 0 Å². The first kappa shape index (κ1) is 20.9. The van der Waals surface area contributed by atoms with Crippen molar-refractivity contribution in [2.45, 2.75) is 14.7 Å². The molecule has 0 unspecified atom stereocenters. The van der Waals surface area contributed by atoms with Crippen LogP contribution in [0, 0.1) is 0 Å². The van der Waals surface area contributed by atoms with E-state index in [1.807, 2.05) is 42.5 Å². The summed E-state index contributed by atoms with van der Waals surface area (Å²) in [5.41, 5.74) is 1.89. The standard InChI is InChI=1S/C21H15N3O2S4/c25-16-9-11(26-30)5-7-13(16)19-22-20(14-3-1-2-4-17(14)28)24-21(23-19)15-8-6-12(27)10-18(15)29/h1-10,25,27-30H. The molecule has 0 saturated heterocycles. The van der Waals surface area contributed by atoms with E-state index in [0.717, 1.165) is 15.4 Å². The van der Waals surface area contributed by atoms with Gasteiger partial charge in [-0.05, 0) is 36.4 Å². The van der Waals surface area contributed by atoms with Gasteiger partial charge < -0.3 is 9.29 Å².